The minimum atomic E-state index is -0.0838. The molecule has 2 aliphatic rings. The molecule has 2 heterocycles. The normalized spacial score (nSPS) is 26.7. The molecule has 0 N–H and O–H groups in total. The highest BCUT2D eigenvalue weighted by Gasteiger charge is 2.29. The number of rotatable bonds is 4. The largest absolute Gasteiger partial charge is 0.469 e. The standard InChI is InChI=1S/C12H22N2O2/c1-16-12(15)5-3-6-13-8-9-14-7-2-4-11(14)10-13/h11H,2-10H2,1H3. The van der Waals surface area contributed by atoms with Crippen molar-refractivity contribution in [1.29, 1.82) is 0 Å². The van der Waals surface area contributed by atoms with Gasteiger partial charge < -0.3 is 9.64 Å². The van der Waals surface area contributed by atoms with E-state index in [2.05, 4.69) is 14.5 Å². The Kier molecular flexibility index (Phi) is 4.18. The summed E-state index contributed by atoms with van der Waals surface area (Å²) in [6.45, 7) is 5.90. The van der Waals surface area contributed by atoms with Crippen LogP contribution in [0.2, 0.25) is 0 Å². The number of ether oxygens (including phenoxy) is 1. The maximum atomic E-state index is 11.0. The second-order valence-corrected chi connectivity index (χ2v) is 4.81. The van der Waals surface area contributed by atoms with E-state index in [1.165, 1.54) is 39.6 Å². The minimum absolute atomic E-state index is 0.0838. The zero-order valence-corrected chi connectivity index (χ0v) is 10.2. The van der Waals surface area contributed by atoms with E-state index in [4.69, 9.17) is 0 Å². The fourth-order valence-corrected chi connectivity index (χ4v) is 2.81. The lowest BCUT2D eigenvalue weighted by Crippen LogP contribution is -2.50. The Bertz CT molecular complexity index is 245. The van der Waals surface area contributed by atoms with E-state index in [1.54, 1.807) is 0 Å². The molecule has 16 heavy (non-hydrogen) atoms. The van der Waals surface area contributed by atoms with Crippen LogP contribution in [0.15, 0.2) is 0 Å². The van der Waals surface area contributed by atoms with Gasteiger partial charge in [0, 0.05) is 32.1 Å². The van der Waals surface area contributed by atoms with E-state index >= 15 is 0 Å². The second-order valence-electron chi connectivity index (χ2n) is 4.81. The number of nitrogens with zero attached hydrogens (tertiary/aromatic N) is 2. The maximum absolute atomic E-state index is 11.0. The number of piperazine rings is 1. The van der Waals surface area contributed by atoms with Crippen LogP contribution in [0.3, 0.4) is 0 Å². The molecule has 2 rings (SSSR count). The third-order valence-electron chi connectivity index (χ3n) is 3.75. The summed E-state index contributed by atoms with van der Waals surface area (Å²) in [4.78, 5) is 16.1. The molecule has 2 saturated heterocycles. The predicted molar refractivity (Wildman–Crippen MR) is 62.3 cm³/mol. The summed E-state index contributed by atoms with van der Waals surface area (Å²) < 4.78 is 4.64. The summed E-state index contributed by atoms with van der Waals surface area (Å²) in [5, 5.41) is 0. The molecule has 0 aromatic carbocycles. The van der Waals surface area contributed by atoms with Gasteiger partial charge in [0.15, 0.2) is 0 Å². The van der Waals surface area contributed by atoms with Crippen LogP contribution in [0.5, 0.6) is 0 Å². The maximum Gasteiger partial charge on any atom is 0.305 e. The average molecular weight is 226 g/mol. The number of esters is 1. The Morgan fingerprint density at radius 3 is 3.06 bits per heavy atom. The Hall–Kier alpha value is -0.610. The van der Waals surface area contributed by atoms with Gasteiger partial charge in [0.05, 0.1) is 7.11 Å². The van der Waals surface area contributed by atoms with Gasteiger partial charge in [-0.2, -0.15) is 0 Å². The van der Waals surface area contributed by atoms with Crippen LogP contribution in [-0.4, -0.2) is 61.6 Å². The Labute approximate surface area is 97.5 Å². The van der Waals surface area contributed by atoms with Crippen LogP contribution in [0.4, 0.5) is 0 Å². The van der Waals surface area contributed by atoms with E-state index in [0.29, 0.717) is 6.42 Å². The predicted octanol–water partition coefficient (Wildman–Crippen LogP) is 0.720. The molecule has 2 fully saturated rings. The third kappa shape index (κ3) is 2.95. The van der Waals surface area contributed by atoms with Crippen LogP contribution in [0.25, 0.3) is 0 Å². The lowest BCUT2D eigenvalue weighted by Gasteiger charge is -2.37. The quantitative estimate of drug-likeness (QED) is 0.661. The first-order valence-corrected chi connectivity index (χ1v) is 6.33. The van der Waals surface area contributed by atoms with Crippen LogP contribution in [-0.2, 0) is 9.53 Å². The van der Waals surface area contributed by atoms with Gasteiger partial charge >= 0.3 is 5.97 Å². The molecule has 92 valence electrons. The molecule has 1 atom stereocenters. The average Bonchev–Trinajstić information content (AvgIpc) is 2.76. The zero-order chi connectivity index (χ0) is 11.4. The van der Waals surface area contributed by atoms with Crippen molar-refractivity contribution in [2.75, 3.05) is 39.8 Å². The summed E-state index contributed by atoms with van der Waals surface area (Å²) in [5.74, 6) is -0.0838. The van der Waals surface area contributed by atoms with Crippen molar-refractivity contribution >= 4 is 5.97 Å². The Morgan fingerprint density at radius 2 is 2.25 bits per heavy atom. The highest BCUT2D eigenvalue weighted by atomic mass is 16.5. The van der Waals surface area contributed by atoms with Crippen LogP contribution < -0.4 is 0 Å². The molecule has 0 aromatic heterocycles. The van der Waals surface area contributed by atoms with Crippen molar-refractivity contribution in [2.45, 2.75) is 31.7 Å². The molecule has 0 amide bonds. The van der Waals surface area contributed by atoms with Crippen LogP contribution >= 0.6 is 0 Å². The van der Waals surface area contributed by atoms with Gasteiger partial charge in [-0.25, -0.2) is 0 Å². The monoisotopic (exact) mass is 226 g/mol. The van der Waals surface area contributed by atoms with Crippen molar-refractivity contribution in [2.24, 2.45) is 0 Å². The molecule has 0 aromatic rings. The van der Waals surface area contributed by atoms with Gasteiger partial charge in [-0.05, 0) is 32.4 Å². The van der Waals surface area contributed by atoms with Crippen molar-refractivity contribution in [1.82, 2.24) is 9.80 Å². The molecule has 4 heteroatoms. The molecule has 0 aliphatic carbocycles. The first-order valence-electron chi connectivity index (χ1n) is 6.33. The van der Waals surface area contributed by atoms with Crippen molar-refractivity contribution in [3.8, 4) is 0 Å². The van der Waals surface area contributed by atoms with Crippen LogP contribution in [0, 0.1) is 0 Å². The summed E-state index contributed by atoms with van der Waals surface area (Å²) in [5.41, 5.74) is 0. The van der Waals surface area contributed by atoms with Gasteiger partial charge in [-0.1, -0.05) is 0 Å². The molecule has 2 aliphatic heterocycles. The van der Waals surface area contributed by atoms with Crippen LogP contribution in [0.1, 0.15) is 25.7 Å². The molecular formula is C12H22N2O2. The fourth-order valence-electron chi connectivity index (χ4n) is 2.81. The smallest absolute Gasteiger partial charge is 0.305 e. The second kappa shape index (κ2) is 5.64. The van der Waals surface area contributed by atoms with Crippen molar-refractivity contribution in [3.05, 3.63) is 0 Å². The van der Waals surface area contributed by atoms with Gasteiger partial charge in [0.2, 0.25) is 0 Å². The molecule has 0 bridgehead atoms. The van der Waals surface area contributed by atoms with E-state index in [1.807, 2.05) is 0 Å². The van der Waals surface area contributed by atoms with E-state index in [0.717, 1.165) is 25.6 Å². The highest BCUT2D eigenvalue weighted by Crippen LogP contribution is 2.21. The van der Waals surface area contributed by atoms with E-state index in [-0.39, 0.29) is 5.97 Å². The summed E-state index contributed by atoms with van der Waals surface area (Å²) in [6.07, 6.45) is 4.20. The number of hydrogen-bond donors (Lipinski definition) is 0. The molecule has 0 radical (unpaired) electrons. The lowest BCUT2D eigenvalue weighted by atomic mass is 10.1. The topological polar surface area (TPSA) is 32.8 Å². The highest BCUT2D eigenvalue weighted by molar-refractivity contribution is 5.69. The Morgan fingerprint density at radius 1 is 1.38 bits per heavy atom. The molecule has 0 saturated carbocycles. The SMILES string of the molecule is COC(=O)CCCN1CCN2CCCC2C1. The van der Waals surface area contributed by atoms with Gasteiger partial charge in [0.25, 0.3) is 0 Å². The molecule has 0 spiro atoms. The van der Waals surface area contributed by atoms with E-state index in [9.17, 15) is 4.79 Å². The summed E-state index contributed by atoms with van der Waals surface area (Å²) >= 11 is 0. The number of fused-ring (bicyclic) bond motifs is 1. The van der Waals surface area contributed by atoms with Gasteiger partial charge in [0.1, 0.15) is 0 Å². The third-order valence-corrected chi connectivity index (χ3v) is 3.75. The molecule has 4 nitrogen and oxygen atoms in total. The van der Waals surface area contributed by atoms with Gasteiger partial charge in [-0.15, -0.1) is 0 Å². The summed E-state index contributed by atoms with van der Waals surface area (Å²) in [7, 11) is 1.46. The number of hydrogen-bond acceptors (Lipinski definition) is 4. The first kappa shape index (κ1) is 11.9. The molecular weight excluding hydrogens is 204 g/mol. The number of carbonyl (C=O) groups is 1. The molecule has 1 unspecified atom stereocenters. The zero-order valence-electron chi connectivity index (χ0n) is 10.2. The summed E-state index contributed by atoms with van der Waals surface area (Å²) in [6, 6.07) is 0.784. The fraction of sp³-hybridized carbons (Fsp3) is 0.917. The minimum Gasteiger partial charge on any atom is -0.469 e. The lowest BCUT2D eigenvalue weighted by molar-refractivity contribution is -0.140. The van der Waals surface area contributed by atoms with Crippen molar-refractivity contribution < 1.29 is 9.53 Å². The van der Waals surface area contributed by atoms with E-state index < -0.39 is 0 Å². The Balaban J connectivity index is 1.65. The van der Waals surface area contributed by atoms with Crippen molar-refractivity contribution in [3.63, 3.8) is 0 Å². The number of methoxy groups -OCH3 is 1. The van der Waals surface area contributed by atoms with Gasteiger partial charge in [-0.3, -0.25) is 9.69 Å². The first-order chi connectivity index (χ1) is 7.79. The number of carbonyl (C=O) groups excluding carboxylic acids is 1.